The Bertz CT molecular complexity index is 534. The van der Waals surface area contributed by atoms with Crippen LogP contribution in [0.3, 0.4) is 0 Å². The average molecular weight is 260 g/mol. The topological polar surface area (TPSA) is 24.9 Å². The van der Waals surface area contributed by atoms with Gasteiger partial charge in [-0.3, -0.25) is 4.98 Å². The van der Waals surface area contributed by atoms with Gasteiger partial charge in [-0.05, 0) is 55.2 Å². The monoisotopic (exact) mass is 260 g/mol. The van der Waals surface area contributed by atoms with E-state index in [1.54, 1.807) is 11.3 Å². The zero-order chi connectivity index (χ0) is 12.5. The predicted octanol–water partition coefficient (Wildman–Crippen LogP) is 4.14. The van der Waals surface area contributed by atoms with E-state index in [1.807, 2.05) is 6.20 Å². The maximum absolute atomic E-state index is 4.52. The van der Waals surface area contributed by atoms with Gasteiger partial charge in [0, 0.05) is 18.3 Å². The molecule has 2 aromatic heterocycles. The fraction of sp³-hybridized carbons (Fsp3) is 0.533. The van der Waals surface area contributed by atoms with E-state index in [-0.39, 0.29) is 0 Å². The standard InChI is InChI=1S/C15H20N2S/c1-10-3-4-13(7-10)17-11(2)12-8-15-14(16-9-12)5-6-18-15/h5-6,8-11,13,17H,3-4,7H2,1-2H3. The van der Waals surface area contributed by atoms with E-state index in [0.29, 0.717) is 12.1 Å². The van der Waals surface area contributed by atoms with Crippen LogP contribution in [0.2, 0.25) is 0 Å². The molecule has 0 spiro atoms. The van der Waals surface area contributed by atoms with E-state index in [9.17, 15) is 0 Å². The number of fused-ring (bicyclic) bond motifs is 1. The Morgan fingerprint density at radius 3 is 3.11 bits per heavy atom. The lowest BCUT2D eigenvalue weighted by atomic mass is 10.1. The summed E-state index contributed by atoms with van der Waals surface area (Å²) in [5.74, 6) is 0.882. The molecule has 3 heteroatoms. The van der Waals surface area contributed by atoms with Crippen molar-refractivity contribution in [1.82, 2.24) is 10.3 Å². The predicted molar refractivity (Wildman–Crippen MR) is 78.0 cm³/mol. The summed E-state index contributed by atoms with van der Waals surface area (Å²) in [5.41, 5.74) is 2.43. The van der Waals surface area contributed by atoms with Crippen LogP contribution in [0.5, 0.6) is 0 Å². The van der Waals surface area contributed by atoms with Crippen LogP contribution >= 0.6 is 11.3 Å². The minimum atomic E-state index is 0.402. The maximum atomic E-state index is 4.52. The maximum Gasteiger partial charge on any atom is 0.0809 e. The van der Waals surface area contributed by atoms with Gasteiger partial charge in [0.2, 0.25) is 0 Å². The van der Waals surface area contributed by atoms with Crippen molar-refractivity contribution in [3.05, 3.63) is 29.3 Å². The summed E-state index contributed by atoms with van der Waals surface area (Å²) in [4.78, 5) is 4.52. The van der Waals surface area contributed by atoms with E-state index in [2.05, 4.69) is 41.7 Å². The molecular formula is C15H20N2S. The minimum Gasteiger partial charge on any atom is -0.307 e. The van der Waals surface area contributed by atoms with E-state index in [1.165, 1.54) is 29.5 Å². The van der Waals surface area contributed by atoms with E-state index in [0.717, 1.165) is 11.4 Å². The molecule has 0 saturated heterocycles. The molecule has 1 N–H and O–H groups in total. The van der Waals surface area contributed by atoms with E-state index < -0.39 is 0 Å². The number of pyridine rings is 1. The average Bonchev–Trinajstić information content (AvgIpc) is 2.96. The molecule has 0 aromatic carbocycles. The molecule has 2 heterocycles. The molecule has 96 valence electrons. The molecule has 2 nitrogen and oxygen atoms in total. The van der Waals surface area contributed by atoms with Crippen molar-refractivity contribution in [3.63, 3.8) is 0 Å². The summed E-state index contributed by atoms with van der Waals surface area (Å²) in [6, 6.07) is 5.46. The first-order valence-electron chi connectivity index (χ1n) is 6.81. The fourth-order valence-electron chi connectivity index (χ4n) is 2.91. The van der Waals surface area contributed by atoms with Crippen molar-refractivity contribution in [2.45, 2.75) is 45.2 Å². The Morgan fingerprint density at radius 1 is 1.44 bits per heavy atom. The molecule has 3 rings (SSSR count). The van der Waals surface area contributed by atoms with Crippen molar-refractivity contribution in [2.24, 2.45) is 5.92 Å². The SMILES string of the molecule is CC1CCC(NC(C)c2cnc3ccsc3c2)C1. The summed E-state index contributed by atoms with van der Waals surface area (Å²) < 4.78 is 1.29. The molecule has 2 aromatic rings. The highest BCUT2D eigenvalue weighted by Gasteiger charge is 2.22. The zero-order valence-electron chi connectivity index (χ0n) is 11.0. The van der Waals surface area contributed by atoms with Crippen LogP contribution in [-0.2, 0) is 0 Å². The molecular weight excluding hydrogens is 240 g/mol. The van der Waals surface area contributed by atoms with Gasteiger partial charge in [-0.25, -0.2) is 0 Å². The van der Waals surface area contributed by atoms with Gasteiger partial charge in [-0.15, -0.1) is 11.3 Å². The summed E-state index contributed by atoms with van der Waals surface area (Å²) in [7, 11) is 0. The van der Waals surface area contributed by atoms with Crippen LogP contribution in [0.1, 0.15) is 44.7 Å². The molecule has 1 saturated carbocycles. The lowest BCUT2D eigenvalue weighted by Crippen LogP contribution is -2.29. The second kappa shape index (κ2) is 4.98. The normalized spacial score (nSPS) is 25.7. The Labute approximate surface area is 112 Å². The van der Waals surface area contributed by atoms with Gasteiger partial charge < -0.3 is 5.32 Å². The third-order valence-corrected chi connectivity index (χ3v) is 4.86. The third-order valence-electron chi connectivity index (χ3n) is 4.00. The second-order valence-corrected chi connectivity index (χ2v) is 6.52. The molecule has 1 aliphatic carbocycles. The van der Waals surface area contributed by atoms with Crippen molar-refractivity contribution in [3.8, 4) is 0 Å². The molecule has 1 aliphatic rings. The highest BCUT2D eigenvalue weighted by atomic mass is 32.1. The second-order valence-electron chi connectivity index (χ2n) is 5.58. The summed E-state index contributed by atoms with van der Waals surface area (Å²) in [5, 5.41) is 5.86. The molecule has 3 atom stereocenters. The van der Waals surface area contributed by atoms with Crippen molar-refractivity contribution < 1.29 is 0 Å². The van der Waals surface area contributed by atoms with Crippen molar-refractivity contribution in [1.29, 1.82) is 0 Å². The molecule has 0 radical (unpaired) electrons. The van der Waals surface area contributed by atoms with Gasteiger partial charge in [-0.2, -0.15) is 0 Å². The highest BCUT2D eigenvalue weighted by Crippen LogP contribution is 2.28. The minimum absolute atomic E-state index is 0.402. The quantitative estimate of drug-likeness (QED) is 0.897. The molecule has 0 bridgehead atoms. The lowest BCUT2D eigenvalue weighted by molar-refractivity contribution is 0.449. The van der Waals surface area contributed by atoms with Crippen molar-refractivity contribution in [2.75, 3.05) is 0 Å². The van der Waals surface area contributed by atoms with E-state index in [4.69, 9.17) is 0 Å². The fourth-order valence-corrected chi connectivity index (χ4v) is 3.70. The number of rotatable bonds is 3. The number of aromatic nitrogens is 1. The van der Waals surface area contributed by atoms with Crippen LogP contribution in [-0.4, -0.2) is 11.0 Å². The molecule has 0 aliphatic heterocycles. The third kappa shape index (κ3) is 2.43. The summed E-state index contributed by atoms with van der Waals surface area (Å²) >= 11 is 1.77. The number of thiophene rings is 1. The number of nitrogens with zero attached hydrogens (tertiary/aromatic N) is 1. The van der Waals surface area contributed by atoms with E-state index >= 15 is 0 Å². The van der Waals surface area contributed by atoms with Crippen molar-refractivity contribution >= 4 is 21.6 Å². The molecule has 18 heavy (non-hydrogen) atoms. The summed E-state index contributed by atoms with van der Waals surface area (Å²) in [6.45, 7) is 4.60. The Balaban J connectivity index is 1.72. The van der Waals surface area contributed by atoms with Crippen LogP contribution < -0.4 is 5.32 Å². The van der Waals surface area contributed by atoms with Crippen LogP contribution in [0.25, 0.3) is 10.2 Å². The first-order valence-corrected chi connectivity index (χ1v) is 7.69. The Kier molecular flexibility index (Phi) is 3.35. The van der Waals surface area contributed by atoms with Gasteiger partial charge in [0.05, 0.1) is 10.2 Å². The smallest absolute Gasteiger partial charge is 0.0809 e. The Hall–Kier alpha value is -0.930. The zero-order valence-corrected chi connectivity index (χ0v) is 11.8. The van der Waals surface area contributed by atoms with Gasteiger partial charge >= 0.3 is 0 Å². The molecule has 1 fully saturated rings. The van der Waals surface area contributed by atoms with Crippen LogP contribution in [0.4, 0.5) is 0 Å². The largest absolute Gasteiger partial charge is 0.307 e. The Morgan fingerprint density at radius 2 is 2.33 bits per heavy atom. The van der Waals surface area contributed by atoms with Gasteiger partial charge in [0.15, 0.2) is 0 Å². The van der Waals surface area contributed by atoms with Gasteiger partial charge in [0.25, 0.3) is 0 Å². The number of hydrogen-bond acceptors (Lipinski definition) is 3. The first-order chi connectivity index (χ1) is 8.72. The number of nitrogens with one attached hydrogen (secondary N) is 1. The lowest BCUT2D eigenvalue weighted by Gasteiger charge is -2.19. The highest BCUT2D eigenvalue weighted by molar-refractivity contribution is 7.17. The first kappa shape index (κ1) is 12.1. The van der Waals surface area contributed by atoms with Crippen LogP contribution in [0, 0.1) is 5.92 Å². The van der Waals surface area contributed by atoms with Gasteiger partial charge in [0.1, 0.15) is 0 Å². The van der Waals surface area contributed by atoms with Gasteiger partial charge in [-0.1, -0.05) is 6.92 Å². The summed E-state index contributed by atoms with van der Waals surface area (Å²) in [6.07, 6.45) is 6.02. The molecule has 3 unspecified atom stereocenters. The number of hydrogen-bond donors (Lipinski definition) is 1. The molecule has 0 amide bonds. The van der Waals surface area contributed by atoms with Crippen LogP contribution in [0.15, 0.2) is 23.7 Å².